The van der Waals surface area contributed by atoms with Crippen LogP contribution < -0.4 is 0 Å². The molecule has 0 aliphatic carbocycles. The Bertz CT molecular complexity index is 3930. The molecule has 0 aliphatic heterocycles. The topological polar surface area (TPSA) is 40.6 Å². The summed E-state index contributed by atoms with van der Waals surface area (Å²) >= 11 is 0. The lowest BCUT2D eigenvalue weighted by Crippen LogP contribution is -1.98. The molecular formula is C62H45N5. The maximum atomic E-state index is 5.18. The molecule has 0 aliphatic rings. The second-order valence-corrected chi connectivity index (χ2v) is 18.2. The Labute approximate surface area is 388 Å². The van der Waals surface area contributed by atoms with Gasteiger partial charge in [0.1, 0.15) is 0 Å². The third kappa shape index (κ3) is 6.30. The van der Waals surface area contributed by atoms with Crippen LogP contribution in [0.4, 0.5) is 0 Å². The highest BCUT2D eigenvalue weighted by atomic mass is 15.0. The quantitative estimate of drug-likeness (QED) is 0.167. The number of nitrogens with zero attached hydrogens (tertiary/aromatic N) is 5. The predicted octanol–water partition coefficient (Wildman–Crippen LogP) is 16.0. The SMILES string of the molecule is Cc1ccc(-c2cc(-c3ccc(-n4c5ccc(-n6c7ccccc7c7ccccc76)cc5c5cc(-n6c7ccc(C)cc7c7cc(C)ccc76)ccc54)cc3)nc(-c3ccc(C)cc3)n2)cc1. The van der Waals surface area contributed by atoms with E-state index in [0.717, 1.165) is 56.2 Å². The van der Waals surface area contributed by atoms with E-state index in [9.17, 15) is 0 Å². The number of para-hydroxylation sites is 2. The Hall–Kier alpha value is -8.54. The van der Waals surface area contributed by atoms with Crippen LogP contribution in [0.15, 0.2) is 200 Å². The normalized spacial score (nSPS) is 11.9. The van der Waals surface area contributed by atoms with Crippen molar-refractivity contribution in [1.82, 2.24) is 23.7 Å². The van der Waals surface area contributed by atoms with Crippen molar-refractivity contribution in [2.24, 2.45) is 0 Å². The Morgan fingerprint density at radius 1 is 0.269 bits per heavy atom. The lowest BCUT2D eigenvalue weighted by atomic mass is 10.0. The van der Waals surface area contributed by atoms with Gasteiger partial charge in [0.05, 0.1) is 44.5 Å². The van der Waals surface area contributed by atoms with E-state index in [-0.39, 0.29) is 0 Å². The molecule has 0 N–H and O–H groups in total. The monoisotopic (exact) mass is 859 g/mol. The fraction of sp³-hybridized carbons (Fsp3) is 0.0645. The van der Waals surface area contributed by atoms with E-state index < -0.39 is 0 Å². The van der Waals surface area contributed by atoms with Crippen molar-refractivity contribution in [3.8, 4) is 51.0 Å². The van der Waals surface area contributed by atoms with Crippen LogP contribution in [0.25, 0.3) is 116 Å². The largest absolute Gasteiger partial charge is 0.309 e. The molecule has 5 heteroatoms. The Balaban J connectivity index is 1.01. The standard InChI is InChI=1S/C62H45N5/c1-38-13-19-42(20-14-38)54-37-55(64-62(63-54)44-21-15-39(2)16-22-44)43-23-25-45(26-24-43)65-60-31-27-46(66-56-11-7-5-9-48(56)49-10-6-8-12-57(49)66)35-52(60)53-36-47(28-32-61(53)65)67-58-29-17-40(3)33-50(58)51-34-41(4)18-30-59(51)67/h5-37H,1-4H3. The van der Waals surface area contributed by atoms with Gasteiger partial charge >= 0.3 is 0 Å². The van der Waals surface area contributed by atoms with Gasteiger partial charge in [-0.25, -0.2) is 9.97 Å². The number of aryl methyl sites for hydroxylation is 4. The zero-order chi connectivity index (χ0) is 44.9. The average molecular weight is 860 g/mol. The van der Waals surface area contributed by atoms with Crippen molar-refractivity contribution in [1.29, 1.82) is 0 Å². The molecule has 0 amide bonds. The zero-order valence-electron chi connectivity index (χ0n) is 37.8. The van der Waals surface area contributed by atoms with Crippen LogP contribution in [0.1, 0.15) is 22.3 Å². The Morgan fingerprint density at radius 2 is 0.612 bits per heavy atom. The van der Waals surface area contributed by atoms with Crippen molar-refractivity contribution in [2.75, 3.05) is 0 Å². The van der Waals surface area contributed by atoms with Gasteiger partial charge in [-0.2, -0.15) is 0 Å². The van der Waals surface area contributed by atoms with Crippen molar-refractivity contribution < 1.29 is 0 Å². The Morgan fingerprint density at radius 3 is 1.09 bits per heavy atom. The predicted molar refractivity (Wildman–Crippen MR) is 280 cm³/mol. The first kappa shape index (κ1) is 38.9. The van der Waals surface area contributed by atoms with Crippen molar-refractivity contribution in [2.45, 2.75) is 27.7 Å². The molecule has 0 spiro atoms. The maximum Gasteiger partial charge on any atom is 0.160 e. The lowest BCUT2D eigenvalue weighted by molar-refractivity contribution is 1.16. The molecule has 318 valence electrons. The number of rotatable bonds is 6. The molecule has 5 nitrogen and oxygen atoms in total. The van der Waals surface area contributed by atoms with E-state index in [1.165, 1.54) is 76.6 Å². The summed E-state index contributed by atoms with van der Waals surface area (Å²) in [4.78, 5) is 10.3. The number of aromatic nitrogens is 5. The molecule has 0 saturated carbocycles. The molecule has 0 bridgehead atoms. The second-order valence-electron chi connectivity index (χ2n) is 18.2. The highest BCUT2D eigenvalue weighted by Gasteiger charge is 2.20. The summed E-state index contributed by atoms with van der Waals surface area (Å²) in [5, 5.41) is 7.43. The van der Waals surface area contributed by atoms with E-state index in [4.69, 9.17) is 9.97 Å². The van der Waals surface area contributed by atoms with Crippen LogP contribution in [-0.2, 0) is 0 Å². The summed E-state index contributed by atoms with van der Waals surface area (Å²) in [5.74, 6) is 0.711. The van der Waals surface area contributed by atoms with Crippen molar-refractivity contribution >= 4 is 65.4 Å². The van der Waals surface area contributed by atoms with Gasteiger partial charge in [0.25, 0.3) is 0 Å². The molecule has 13 aromatic rings. The van der Waals surface area contributed by atoms with Crippen LogP contribution in [0.2, 0.25) is 0 Å². The molecule has 0 saturated heterocycles. The van der Waals surface area contributed by atoms with Gasteiger partial charge < -0.3 is 13.7 Å². The van der Waals surface area contributed by atoms with Crippen molar-refractivity contribution in [3.63, 3.8) is 0 Å². The van der Waals surface area contributed by atoms with Crippen LogP contribution in [0.5, 0.6) is 0 Å². The molecule has 0 atom stereocenters. The molecule has 0 unspecified atom stereocenters. The number of hydrogen-bond donors (Lipinski definition) is 0. The van der Waals surface area contributed by atoms with E-state index >= 15 is 0 Å². The summed E-state index contributed by atoms with van der Waals surface area (Å²) in [6.07, 6.45) is 0. The second kappa shape index (κ2) is 15.0. The van der Waals surface area contributed by atoms with Gasteiger partial charge in [-0.3, -0.25) is 0 Å². The minimum absolute atomic E-state index is 0.711. The molecule has 4 heterocycles. The van der Waals surface area contributed by atoms with Gasteiger partial charge in [0, 0.05) is 66.1 Å². The fourth-order valence-corrected chi connectivity index (χ4v) is 10.4. The van der Waals surface area contributed by atoms with E-state index in [1.807, 2.05) is 0 Å². The first-order chi connectivity index (χ1) is 32.8. The van der Waals surface area contributed by atoms with Crippen LogP contribution in [-0.4, -0.2) is 23.7 Å². The molecule has 0 fully saturated rings. The fourth-order valence-electron chi connectivity index (χ4n) is 10.4. The number of benzene rings is 9. The van der Waals surface area contributed by atoms with E-state index in [2.05, 4.69) is 242 Å². The van der Waals surface area contributed by atoms with Crippen molar-refractivity contribution in [3.05, 3.63) is 222 Å². The van der Waals surface area contributed by atoms with Gasteiger partial charge in [-0.15, -0.1) is 0 Å². The van der Waals surface area contributed by atoms with Gasteiger partial charge in [0.2, 0.25) is 0 Å². The molecule has 67 heavy (non-hydrogen) atoms. The molecule has 4 aromatic heterocycles. The summed E-state index contributed by atoms with van der Waals surface area (Å²) in [5.41, 5.74) is 20.2. The smallest absolute Gasteiger partial charge is 0.160 e. The first-order valence-electron chi connectivity index (χ1n) is 23.1. The summed E-state index contributed by atoms with van der Waals surface area (Å²) in [6.45, 7) is 8.58. The Kier molecular flexibility index (Phi) is 8.71. The van der Waals surface area contributed by atoms with Gasteiger partial charge in [-0.05, 0) is 119 Å². The summed E-state index contributed by atoms with van der Waals surface area (Å²) < 4.78 is 7.28. The number of hydrogen-bond acceptors (Lipinski definition) is 2. The first-order valence-corrected chi connectivity index (χ1v) is 23.1. The minimum Gasteiger partial charge on any atom is -0.309 e. The highest BCUT2D eigenvalue weighted by Crippen LogP contribution is 2.40. The van der Waals surface area contributed by atoms with E-state index in [0.29, 0.717) is 5.82 Å². The average Bonchev–Trinajstić information content (AvgIpc) is 3.99. The minimum atomic E-state index is 0.711. The summed E-state index contributed by atoms with van der Waals surface area (Å²) in [6, 6.07) is 73.2. The maximum absolute atomic E-state index is 5.18. The third-order valence-corrected chi connectivity index (χ3v) is 13.7. The third-order valence-electron chi connectivity index (χ3n) is 13.7. The van der Waals surface area contributed by atoms with Crippen LogP contribution in [0, 0.1) is 27.7 Å². The molecule has 13 rings (SSSR count). The van der Waals surface area contributed by atoms with Crippen LogP contribution >= 0.6 is 0 Å². The molecule has 0 radical (unpaired) electrons. The van der Waals surface area contributed by atoms with Gasteiger partial charge in [0.15, 0.2) is 5.82 Å². The zero-order valence-corrected chi connectivity index (χ0v) is 37.8. The van der Waals surface area contributed by atoms with E-state index in [1.54, 1.807) is 0 Å². The van der Waals surface area contributed by atoms with Crippen LogP contribution in [0.3, 0.4) is 0 Å². The van der Waals surface area contributed by atoms with Gasteiger partial charge in [-0.1, -0.05) is 131 Å². The highest BCUT2D eigenvalue weighted by molar-refractivity contribution is 6.14. The summed E-state index contributed by atoms with van der Waals surface area (Å²) in [7, 11) is 0. The number of fused-ring (bicyclic) bond motifs is 9. The molecular weight excluding hydrogens is 815 g/mol. The lowest BCUT2D eigenvalue weighted by Gasteiger charge is -2.12. The molecule has 9 aromatic carbocycles.